The number of carbonyl (C=O) groups is 11. The number of carbonyl (C=O) groups excluding carboxylic acids is 11. The summed E-state index contributed by atoms with van der Waals surface area (Å²) in [6.07, 6.45) is 1.53. The highest BCUT2D eigenvalue weighted by atomic mass is 16.3. The molecule has 24 heteroatoms. The molecule has 0 radical (unpaired) electrons. The Hall–Kier alpha value is -6.17. The quantitative estimate of drug-likeness (QED) is 0.0506. The fourth-order valence-electron chi connectivity index (χ4n) is 10.1. The minimum atomic E-state index is -1.63. The van der Waals surface area contributed by atoms with Crippen molar-refractivity contribution in [2.45, 2.75) is 223 Å². The van der Waals surface area contributed by atoms with E-state index >= 15 is 9.59 Å². The first-order valence-corrected chi connectivity index (χ1v) is 30.4. The van der Waals surface area contributed by atoms with Crippen LogP contribution in [-0.2, 0) is 52.7 Å². The van der Waals surface area contributed by atoms with Crippen LogP contribution in [0.5, 0.6) is 0 Å². The van der Waals surface area contributed by atoms with Crippen molar-refractivity contribution in [2.24, 2.45) is 46.7 Å². The Kier molecular flexibility index (Phi) is 33.0. The van der Waals surface area contributed by atoms with Crippen LogP contribution in [0.15, 0.2) is 12.2 Å². The standard InChI is InChI=1S/C62H113N11O13/c1-26-28-29-38(11)51(76)50(55(80)65-43(27-2)58(83)67(19)33-47(75)71(23)49(42(15)74)52(63)77)73(25)61(86)48(37(9)10)72(24)60(85)46(32-36(7)8)70(22)59(84)45(31-35(5)6)69(21)57(82)40(13)64-54(79)44(30-34(3)4)66-53(78)41(14)68(20)56(81)39(12)62(16,17)18/h26,28,34-46,48-51,74,76H,27,29-33H2,1-25H3,(H2,63,77)(H,64,79)(H,65,80)(H,66,78)/b28-26-/t38-,39+,40+,41+,42+,43-,44?,45-,46-,48+,49?,50?,51+/m1/s1. The normalized spacial score (nSPS) is 16.5. The van der Waals surface area contributed by atoms with Crippen molar-refractivity contribution in [1.29, 1.82) is 0 Å². The van der Waals surface area contributed by atoms with Crippen molar-refractivity contribution >= 4 is 65.0 Å². The lowest BCUT2D eigenvalue weighted by atomic mass is 9.81. The van der Waals surface area contributed by atoms with Crippen molar-refractivity contribution in [3.63, 3.8) is 0 Å². The number of nitrogens with zero attached hydrogens (tertiary/aromatic N) is 7. The van der Waals surface area contributed by atoms with E-state index in [0.717, 1.165) is 14.7 Å². The molecule has 0 spiro atoms. The average Bonchev–Trinajstić information content (AvgIpc) is 1.55. The lowest BCUT2D eigenvalue weighted by molar-refractivity contribution is -0.157. The zero-order valence-corrected chi connectivity index (χ0v) is 56.8. The number of likely N-dealkylation sites (N-methyl/N-ethyl adjacent to an activating group) is 7. The van der Waals surface area contributed by atoms with Gasteiger partial charge in [0.05, 0.1) is 18.8 Å². The predicted octanol–water partition coefficient (Wildman–Crippen LogP) is 2.62. The Morgan fingerprint density at radius 3 is 1.38 bits per heavy atom. The molecule has 0 aliphatic carbocycles. The average molecular weight is 1220 g/mol. The third-order valence-corrected chi connectivity index (χ3v) is 16.3. The van der Waals surface area contributed by atoms with Gasteiger partial charge in [0.1, 0.15) is 54.4 Å². The second kappa shape index (κ2) is 35.6. The Morgan fingerprint density at radius 1 is 0.512 bits per heavy atom. The lowest BCUT2D eigenvalue weighted by Gasteiger charge is -2.41. The molecular formula is C62H113N11O13. The summed E-state index contributed by atoms with van der Waals surface area (Å²) in [4.78, 5) is 162. The molecule has 0 heterocycles. The van der Waals surface area contributed by atoms with Gasteiger partial charge < -0.3 is 66.2 Å². The van der Waals surface area contributed by atoms with Crippen LogP contribution < -0.4 is 21.7 Å². The van der Waals surface area contributed by atoms with Gasteiger partial charge in [-0.05, 0) is 94.8 Å². The van der Waals surface area contributed by atoms with Gasteiger partial charge in [-0.3, -0.25) is 52.7 Å². The van der Waals surface area contributed by atoms with Gasteiger partial charge in [0, 0.05) is 55.3 Å². The molecule has 0 bridgehead atoms. The molecule has 11 amide bonds. The van der Waals surface area contributed by atoms with E-state index in [-0.39, 0.29) is 54.8 Å². The fourth-order valence-corrected chi connectivity index (χ4v) is 10.1. The molecular weight excluding hydrogens is 1110 g/mol. The number of hydrogen-bond acceptors (Lipinski definition) is 13. The Labute approximate surface area is 514 Å². The number of primary amides is 1. The first-order chi connectivity index (χ1) is 39.4. The van der Waals surface area contributed by atoms with Crippen LogP contribution in [0.25, 0.3) is 0 Å². The summed E-state index contributed by atoms with van der Waals surface area (Å²) in [5.74, 6) is -9.33. The third-order valence-electron chi connectivity index (χ3n) is 16.3. The van der Waals surface area contributed by atoms with Crippen LogP contribution in [0.3, 0.4) is 0 Å². The molecule has 0 rings (SSSR count). The molecule has 7 N–H and O–H groups in total. The molecule has 0 aromatic rings. The predicted molar refractivity (Wildman–Crippen MR) is 332 cm³/mol. The minimum Gasteiger partial charge on any atom is -0.391 e. The molecule has 86 heavy (non-hydrogen) atoms. The van der Waals surface area contributed by atoms with Crippen LogP contribution >= 0.6 is 0 Å². The highest BCUT2D eigenvalue weighted by Gasteiger charge is 2.45. The van der Waals surface area contributed by atoms with Crippen LogP contribution in [0.1, 0.15) is 157 Å². The van der Waals surface area contributed by atoms with Crippen molar-refractivity contribution < 1.29 is 63.0 Å². The Balaban J connectivity index is 7.14. The van der Waals surface area contributed by atoms with Crippen molar-refractivity contribution in [3.05, 3.63) is 12.2 Å². The third kappa shape index (κ3) is 22.8. The number of allylic oxidation sites excluding steroid dienone is 2. The minimum absolute atomic E-state index is 0.0129. The van der Waals surface area contributed by atoms with E-state index in [2.05, 4.69) is 16.0 Å². The molecule has 0 saturated carbocycles. The monoisotopic (exact) mass is 1220 g/mol. The van der Waals surface area contributed by atoms with Crippen LogP contribution in [0.2, 0.25) is 0 Å². The molecule has 13 atom stereocenters. The van der Waals surface area contributed by atoms with E-state index in [9.17, 15) is 53.4 Å². The number of hydrogen-bond donors (Lipinski definition) is 6. The second-order valence-electron chi connectivity index (χ2n) is 26.4. The number of nitrogens with one attached hydrogen (secondary N) is 3. The smallest absolute Gasteiger partial charge is 0.246 e. The van der Waals surface area contributed by atoms with Gasteiger partial charge in [-0.2, -0.15) is 0 Å². The van der Waals surface area contributed by atoms with Gasteiger partial charge in [0.2, 0.25) is 65.0 Å². The summed E-state index contributed by atoms with van der Waals surface area (Å²) >= 11 is 0. The fraction of sp³-hybridized carbons (Fsp3) is 0.790. The van der Waals surface area contributed by atoms with Gasteiger partial charge in [-0.25, -0.2) is 0 Å². The molecule has 0 saturated heterocycles. The number of rotatable bonds is 34. The highest BCUT2D eigenvalue weighted by Crippen LogP contribution is 2.28. The van der Waals surface area contributed by atoms with E-state index in [0.29, 0.717) is 6.42 Å². The number of amides is 11. The van der Waals surface area contributed by atoms with Gasteiger partial charge in [0.15, 0.2) is 0 Å². The molecule has 0 fully saturated rings. The van der Waals surface area contributed by atoms with Crippen molar-refractivity contribution in [3.8, 4) is 0 Å². The van der Waals surface area contributed by atoms with Crippen molar-refractivity contribution in [1.82, 2.24) is 50.2 Å². The molecule has 0 aromatic carbocycles. The maximum Gasteiger partial charge on any atom is 0.246 e. The summed E-state index contributed by atoms with van der Waals surface area (Å²) in [7, 11) is 9.75. The van der Waals surface area contributed by atoms with Gasteiger partial charge >= 0.3 is 0 Å². The molecule has 0 aromatic heterocycles. The first-order valence-electron chi connectivity index (χ1n) is 30.4. The summed E-state index contributed by atoms with van der Waals surface area (Å²) in [5, 5.41) is 30.3. The van der Waals surface area contributed by atoms with E-state index in [1.165, 1.54) is 75.7 Å². The van der Waals surface area contributed by atoms with E-state index in [1.807, 2.05) is 62.3 Å². The summed E-state index contributed by atoms with van der Waals surface area (Å²) in [6.45, 7) is 31.1. The zero-order valence-electron chi connectivity index (χ0n) is 56.8. The highest BCUT2D eigenvalue weighted by molar-refractivity contribution is 5.99. The lowest BCUT2D eigenvalue weighted by Crippen LogP contribution is -2.63. The van der Waals surface area contributed by atoms with Crippen molar-refractivity contribution in [2.75, 3.05) is 55.9 Å². The molecule has 24 nitrogen and oxygen atoms in total. The molecule has 3 unspecified atom stereocenters. The first kappa shape index (κ1) is 79.8. The van der Waals surface area contributed by atoms with Gasteiger partial charge in [-0.1, -0.05) is 109 Å². The molecule has 0 aliphatic rings. The number of nitrogens with two attached hydrogens (primary N) is 1. The van der Waals surface area contributed by atoms with E-state index < -0.39 is 150 Å². The number of aliphatic hydroxyl groups is 2. The topological polar surface area (TPSA) is 313 Å². The van der Waals surface area contributed by atoms with Gasteiger partial charge in [0.25, 0.3) is 0 Å². The SMILES string of the molecule is C/C=C\C[C@@H](C)[C@H](O)C(C(=O)N[C@H](CC)C(=O)N(C)CC(=O)N(C)C(C(N)=O)[C@H](C)O)N(C)C(=O)[C@H](C(C)C)N(C)C(=O)[C@@H](CC(C)C)N(C)C(=O)[C@@H](CC(C)C)N(C)C(=O)[C@H](C)NC(=O)C(CC(C)C)NC(=O)[C@H](C)N(C)C(=O)[C@H](C)C(C)(C)C. The summed E-state index contributed by atoms with van der Waals surface area (Å²) in [5.41, 5.74) is 5.06. The number of aliphatic hydroxyl groups excluding tert-OH is 2. The summed E-state index contributed by atoms with van der Waals surface area (Å²) in [6, 6.07) is -11.1. The van der Waals surface area contributed by atoms with Gasteiger partial charge in [-0.15, -0.1) is 0 Å². The van der Waals surface area contributed by atoms with Crippen LogP contribution in [0.4, 0.5) is 0 Å². The Morgan fingerprint density at radius 2 is 0.965 bits per heavy atom. The van der Waals surface area contributed by atoms with E-state index in [1.54, 1.807) is 67.7 Å². The summed E-state index contributed by atoms with van der Waals surface area (Å²) < 4.78 is 0. The largest absolute Gasteiger partial charge is 0.391 e. The van der Waals surface area contributed by atoms with Crippen LogP contribution in [-0.4, -0.2) is 232 Å². The van der Waals surface area contributed by atoms with Crippen LogP contribution in [0, 0.1) is 40.9 Å². The maximum atomic E-state index is 15.1. The molecule has 494 valence electrons. The zero-order chi connectivity index (χ0) is 67.5. The molecule has 0 aliphatic heterocycles. The Bertz CT molecular complexity index is 2340. The maximum absolute atomic E-state index is 15.1. The van der Waals surface area contributed by atoms with E-state index in [4.69, 9.17) is 5.73 Å². The second-order valence-corrected chi connectivity index (χ2v) is 26.4.